The van der Waals surface area contributed by atoms with Crippen molar-refractivity contribution in [2.75, 3.05) is 0 Å². The molecule has 0 saturated carbocycles. The highest BCUT2D eigenvalue weighted by molar-refractivity contribution is 6.31. The van der Waals surface area contributed by atoms with Crippen LogP contribution in [0.15, 0.2) is 54.6 Å². The quantitative estimate of drug-likeness (QED) is 0.615. The Morgan fingerprint density at radius 1 is 1.08 bits per heavy atom. The van der Waals surface area contributed by atoms with Crippen molar-refractivity contribution < 1.29 is 14.0 Å². The zero-order chi connectivity index (χ0) is 18.5. The Morgan fingerprint density at radius 3 is 2.58 bits per heavy atom. The average molecular weight is 373 g/mol. The van der Waals surface area contributed by atoms with Gasteiger partial charge in [0.1, 0.15) is 11.5 Å². The molecule has 1 heterocycles. The highest BCUT2D eigenvalue weighted by Gasteiger charge is 2.14. The van der Waals surface area contributed by atoms with E-state index in [2.05, 4.69) is 21.0 Å². The molecule has 6 nitrogen and oxygen atoms in total. The third-order valence-corrected chi connectivity index (χ3v) is 3.96. The van der Waals surface area contributed by atoms with Gasteiger partial charge in [0.05, 0.1) is 12.1 Å². The van der Waals surface area contributed by atoms with Crippen LogP contribution in [0.4, 0.5) is 4.39 Å². The van der Waals surface area contributed by atoms with E-state index in [1.54, 1.807) is 6.07 Å². The van der Waals surface area contributed by atoms with Gasteiger partial charge in [-0.2, -0.15) is 5.10 Å². The lowest BCUT2D eigenvalue weighted by molar-refractivity contribution is -0.121. The maximum Gasteiger partial charge on any atom is 0.287 e. The highest BCUT2D eigenvalue weighted by Crippen LogP contribution is 2.19. The first-order chi connectivity index (χ1) is 12.5. The summed E-state index contributed by atoms with van der Waals surface area (Å²) in [5.74, 6) is -1.76. The van der Waals surface area contributed by atoms with E-state index in [4.69, 9.17) is 11.6 Å². The van der Waals surface area contributed by atoms with E-state index >= 15 is 0 Å². The summed E-state index contributed by atoms with van der Waals surface area (Å²) in [7, 11) is 0. The van der Waals surface area contributed by atoms with Gasteiger partial charge in [0, 0.05) is 16.1 Å². The molecule has 132 valence electrons. The maximum atomic E-state index is 13.7. The Labute approximate surface area is 153 Å². The molecule has 0 atom stereocenters. The van der Waals surface area contributed by atoms with Crippen LogP contribution in [0, 0.1) is 5.82 Å². The van der Waals surface area contributed by atoms with Crippen LogP contribution in [0.1, 0.15) is 16.1 Å². The average Bonchev–Trinajstić information content (AvgIpc) is 3.14. The van der Waals surface area contributed by atoms with Gasteiger partial charge in [-0.1, -0.05) is 48.0 Å². The fourth-order valence-electron chi connectivity index (χ4n) is 2.29. The van der Waals surface area contributed by atoms with E-state index < -0.39 is 17.6 Å². The smallest absolute Gasteiger partial charge is 0.273 e. The van der Waals surface area contributed by atoms with Gasteiger partial charge in [-0.3, -0.25) is 25.5 Å². The minimum absolute atomic E-state index is 0.0637. The van der Waals surface area contributed by atoms with Crippen molar-refractivity contribution in [1.82, 2.24) is 21.0 Å². The second-order valence-electron chi connectivity index (χ2n) is 5.41. The number of H-pyrrole nitrogens is 1. The minimum Gasteiger partial charge on any atom is -0.273 e. The SMILES string of the molecule is O=C(Cc1c(F)cccc1Cl)NNC(=O)c1cc(-c2ccccc2)n[nH]1. The number of rotatable bonds is 4. The Bertz CT molecular complexity index is 923. The van der Waals surface area contributed by atoms with Crippen LogP contribution in [0.5, 0.6) is 0 Å². The summed E-state index contributed by atoms with van der Waals surface area (Å²) < 4.78 is 13.7. The monoisotopic (exact) mass is 372 g/mol. The van der Waals surface area contributed by atoms with Gasteiger partial charge in [0.2, 0.25) is 5.91 Å². The number of aromatic nitrogens is 2. The van der Waals surface area contributed by atoms with Crippen molar-refractivity contribution in [2.24, 2.45) is 0 Å². The molecule has 3 N–H and O–H groups in total. The zero-order valence-electron chi connectivity index (χ0n) is 13.4. The number of hydrogen-bond donors (Lipinski definition) is 3. The lowest BCUT2D eigenvalue weighted by Crippen LogP contribution is -2.42. The van der Waals surface area contributed by atoms with Crippen molar-refractivity contribution in [1.29, 1.82) is 0 Å². The van der Waals surface area contributed by atoms with Crippen LogP contribution in [0.2, 0.25) is 5.02 Å². The van der Waals surface area contributed by atoms with E-state index in [1.165, 1.54) is 18.2 Å². The van der Waals surface area contributed by atoms with Crippen LogP contribution in [0.25, 0.3) is 11.3 Å². The normalized spacial score (nSPS) is 10.4. The minimum atomic E-state index is -0.604. The Kier molecular flexibility index (Phi) is 5.28. The van der Waals surface area contributed by atoms with Crippen LogP contribution in [-0.4, -0.2) is 22.0 Å². The molecule has 0 aliphatic heterocycles. The summed E-state index contributed by atoms with van der Waals surface area (Å²) in [5, 5.41) is 6.81. The van der Waals surface area contributed by atoms with E-state index in [1.807, 2.05) is 30.3 Å². The molecule has 0 spiro atoms. The molecule has 0 aliphatic rings. The lowest BCUT2D eigenvalue weighted by Gasteiger charge is -2.08. The molecule has 0 aliphatic carbocycles. The molecule has 0 unspecified atom stereocenters. The van der Waals surface area contributed by atoms with Crippen molar-refractivity contribution in [3.63, 3.8) is 0 Å². The third kappa shape index (κ3) is 4.07. The van der Waals surface area contributed by atoms with Crippen LogP contribution < -0.4 is 10.9 Å². The number of nitrogens with one attached hydrogen (secondary N) is 3. The summed E-state index contributed by atoms with van der Waals surface area (Å²) in [4.78, 5) is 24.0. The number of hydrogen-bond acceptors (Lipinski definition) is 3. The van der Waals surface area contributed by atoms with Gasteiger partial charge in [-0.15, -0.1) is 0 Å². The van der Waals surface area contributed by atoms with Crippen LogP contribution in [0.3, 0.4) is 0 Å². The topological polar surface area (TPSA) is 86.9 Å². The first-order valence-corrected chi connectivity index (χ1v) is 8.05. The standard InChI is InChI=1S/C18H14ClFN4O2/c19-13-7-4-8-14(20)12(13)9-17(25)23-24-18(26)16-10-15(21-22-16)11-5-2-1-3-6-11/h1-8,10H,9H2,(H,21,22)(H,23,25)(H,24,26). The third-order valence-electron chi connectivity index (χ3n) is 3.61. The molecule has 0 fully saturated rings. The maximum absolute atomic E-state index is 13.7. The predicted octanol–water partition coefficient (Wildman–Crippen LogP) is 2.87. The summed E-state index contributed by atoms with van der Waals surface area (Å²) in [6.45, 7) is 0. The molecule has 3 rings (SSSR count). The second-order valence-corrected chi connectivity index (χ2v) is 5.82. The van der Waals surface area contributed by atoms with E-state index in [0.717, 1.165) is 5.56 Å². The molecular weight excluding hydrogens is 359 g/mol. The van der Waals surface area contributed by atoms with Crippen molar-refractivity contribution in [3.05, 3.63) is 76.7 Å². The molecule has 26 heavy (non-hydrogen) atoms. The number of benzene rings is 2. The molecule has 0 saturated heterocycles. The molecule has 8 heteroatoms. The largest absolute Gasteiger partial charge is 0.287 e. The molecule has 1 aromatic heterocycles. The first-order valence-electron chi connectivity index (χ1n) is 7.67. The number of halogens is 2. The van der Waals surface area contributed by atoms with Gasteiger partial charge >= 0.3 is 0 Å². The second kappa shape index (κ2) is 7.79. The molecule has 0 bridgehead atoms. The van der Waals surface area contributed by atoms with Gasteiger partial charge in [0.15, 0.2) is 0 Å². The fourth-order valence-corrected chi connectivity index (χ4v) is 2.52. The first kappa shape index (κ1) is 17.6. The van der Waals surface area contributed by atoms with Gasteiger partial charge < -0.3 is 0 Å². The van der Waals surface area contributed by atoms with E-state index in [-0.39, 0.29) is 22.7 Å². The number of carbonyl (C=O) groups is 2. The lowest BCUT2D eigenvalue weighted by atomic mass is 10.1. The Hall–Kier alpha value is -3.19. The molecular formula is C18H14ClFN4O2. The van der Waals surface area contributed by atoms with Gasteiger partial charge in [-0.05, 0) is 18.2 Å². The Morgan fingerprint density at radius 2 is 1.85 bits per heavy atom. The zero-order valence-corrected chi connectivity index (χ0v) is 14.2. The summed E-state index contributed by atoms with van der Waals surface area (Å²) >= 11 is 5.87. The van der Waals surface area contributed by atoms with Crippen molar-refractivity contribution >= 4 is 23.4 Å². The number of hydrazine groups is 1. The van der Waals surface area contributed by atoms with Crippen molar-refractivity contribution in [2.45, 2.75) is 6.42 Å². The summed E-state index contributed by atoms with van der Waals surface area (Å²) in [5.41, 5.74) is 6.15. The summed E-state index contributed by atoms with van der Waals surface area (Å²) in [6, 6.07) is 15.0. The highest BCUT2D eigenvalue weighted by atomic mass is 35.5. The molecule has 2 aromatic carbocycles. The van der Waals surface area contributed by atoms with Crippen LogP contribution >= 0.6 is 11.6 Å². The van der Waals surface area contributed by atoms with Crippen molar-refractivity contribution in [3.8, 4) is 11.3 Å². The number of carbonyl (C=O) groups excluding carboxylic acids is 2. The predicted molar refractivity (Wildman–Crippen MR) is 94.7 cm³/mol. The van der Waals surface area contributed by atoms with E-state index in [9.17, 15) is 14.0 Å². The van der Waals surface area contributed by atoms with Crippen LogP contribution in [-0.2, 0) is 11.2 Å². The van der Waals surface area contributed by atoms with Gasteiger partial charge in [-0.25, -0.2) is 4.39 Å². The fraction of sp³-hybridized carbons (Fsp3) is 0.0556. The Balaban J connectivity index is 1.59. The number of nitrogens with zero attached hydrogens (tertiary/aromatic N) is 1. The summed E-state index contributed by atoms with van der Waals surface area (Å²) in [6.07, 6.45) is -0.302. The molecule has 2 amide bonds. The number of aromatic amines is 1. The molecule has 0 radical (unpaired) electrons. The van der Waals surface area contributed by atoms with Gasteiger partial charge in [0.25, 0.3) is 5.91 Å². The van der Waals surface area contributed by atoms with E-state index in [0.29, 0.717) is 5.69 Å². The number of amides is 2. The molecule has 3 aromatic rings.